The number of piperidine rings is 1. The fraction of sp³-hybridized carbons (Fsp3) is 0.375. The molecule has 2 N–H and O–H groups in total. The number of nitrogens with one attached hydrogen (secondary N) is 1. The Labute approximate surface area is 176 Å². The number of rotatable bonds is 6. The van der Waals surface area contributed by atoms with Gasteiger partial charge in [-0.25, -0.2) is 0 Å². The molecule has 0 radical (unpaired) electrons. The van der Waals surface area contributed by atoms with Gasteiger partial charge < -0.3 is 10.4 Å². The maximum Gasteiger partial charge on any atom is 0.0910 e. The van der Waals surface area contributed by atoms with Crippen LogP contribution in [0.25, 0.3) is 0 Å². The van der Waals surface area contributed by atoms with Crippen molar-refractivity contribution in [3.63, 3.8) is 0 Å². The fourth-order valence-electron chi connectivity index (χ4n) is 3.76. The number of aliphatic imine (C=N–C) groups is 1. The van der Waals surface area contributed by atoms with Gasteiger partial charge in [-0.3, -0.25) is 4.99 Å². The number of aliphatic hydroxyl groups excluding tert-OH is 1. The van der Waals surface area contributed by atoms with Crippen LogP contribution in [0.4, 0.5) is 0 Å². The third-order valence-corrected chi connectivity index (χ3v) is 5.84. The molecule has 0 saturated carbocycles. The lowest BCUT2D eigenvalue weighted by atomic mass is 9.86. The first-order valence-electron chi connectivity index (χ1n) is 9.98. The van der Waals surface area contributed by atoms with Crippen LogP contribution in [0.1, 0.15) is 31.7 Å². The average molecular weight is 441 g/mol. The smallest absolute Gasteiger partial charge is 0.0910 e. The molecule has 0 bridgehead atoms. The van der Waals surface area contributed by atoms with Crippen LogP contribution in [0, 0.1) is 5.92 Å². The molecule has 3 unspecified atom stereocenters. The largest absolute Gasteiger partial charge is 0.387 e. The molecule has 0 aromatic heterocycles. The quantitative estimate of drug-likeness (QED) is 0.475. The number of hydrogen-bond acceptors (Lipinski definition) is 3. The Hall–Kier alpha value is -1.75. The predicted molar refractivity (Wildman–Crippen MR) is 122 cm³/mol. The third kappa shape index (κ3) is 5.63. The Morgan fingerprint density at radius 2 is 2.04 bits per heavy atom. The Bertz CT molecular complexity index is 798. The molecule has 2 aliphatic rings. The lowest BCUT2D eigenvalue weighted by Gasteiger charge is -2.31. The molecule has 1 aromatic carbocycles. The van der Waals surface area contributed by atoms with Crippen molar-refractivity contribution in [1.82, 2.24) is 5.32 Å². The van der Waals surface area contributed by atoms with Crippen LogP contribution in [0.3, 0.4) is 0 Å². The fourth-order valence-corrected chi connectivity index (χ4v) is 4.03. The first-order chi connectivity index (χ1) is 13.5. The summed E-state index contributed by atoms with van der Waals surface area (Å²) in [4.78, 5) is 4.91. The number of hydrogen-bond donors (Lipinski definition) is 2. The lowest BCUT2D eigenvalue weighted by molar-refractivity contribution is 0.138. The summed E-state index contributed by atoms with van der Waals surface area (Å²) >= 11 is 3.48. The van der Waals surface area contributed by atoms with Gasteiger partial charge in [-0.05, 0) is 55.7 Å². The molecular formula is C24H29BrN2O. The van der Waals surface area contributed by atoms with Gasteiger partial charge in [-0.15, -0.1) is 0 Å². The van der Waals surface area contributed by atoms with Crippen molar-refractivity contribution in [3.8, 4) is 0 Å². The molecule has 1 fully saturated rings. The maximum absolute atomic E-state index is 10.9. The Morgan fingerprint density at radius 3 is 2.75 bits per heavy atom. The van der Waals surface area contributed by atoms with Gasteiger partial charge in [0.2, 0.25) is 0 Å². The molecule has 3 nitrogen and oxygen atoms in total. The normalized spacial score (nSPS) is 23.8. The minimum Gasteiger partial charge on any atom is -0.387 e. The number of nitrogens with zero attached hydrogens (tertiary/aromatic N) is 1. The number of halogens is 1. The standard InChI is InChI=1S/C24H29BrN2O/c1-17(16-19-11-13-20(25)14-12-19)27-22-9-5-3-4-8-21(22)18(2)24(28)23-10-6-7-15-26-23/h3-5,8-9,11-14,21,23-24,26,28H,2,6-7,10,15-16H2,1H3. The van der Waals surface area contributed by atoms with Crippen molar-refractivity contribution >= 4 is 21.6 Å². The molecule has 148 valence electrons. The van der Waals surface area contributed by atoms with Crippen molar-refractivity contribution in [3.05, 3.63) is 82.5 Å². The SMILES string of the molecule is C=C(C1C=CC=CC=C1N=C(C)Cc1ccc(Br)cc1)C(O)C1CCCCN1. The van der Waals surface area contributed by atoms with Crippen LogP contribution in [0.2, 0.25) is 0 Å². The van der Waals surface area contributed by atoms with Crippen LogP contribution in [-0.2, 0) is 6.42 Å². The zero-order chi connectivity index (χ0) is 19.9. The van der Waals surface area contributed by atoms with E-state index in [1.165, 1.54) is 12.0 Å². The first kappa shape index (κ1) is 21.0. The van der Waals surface area contributed by atoms with Gasteiger partial charge in [0.25, 0.3) is 0 Å². The molecular weight excluding hydrogens is 412 g/mol. The van der Waals surface area contributed by atoms with Crippen molar-refractivity contribution in [2.24, 2.45) is 10.9 Å². The molecule has 0 spiro atoms. The Kier molecular flexibility index (Phi) is 7.60. The molecule has 1 aliphatic carbocycles. The topological polar surface area (TPSA) is 44.6 Å². The highest BCUT2D eigenvalue weighted by Gasteiger charge is 2.28. The van der Waals surface area contributed by atoms with E-state index in [2.05, 4.69) is 65.1 Å². The van der Waals surface area contributed by atoms with Gasteiger partial charge in [0.05, 0.1) is 11.8 Å². The van der Waals surface area contributed by atoms with Crippen LogP contribution >= 0.6 is 15.9 Å². The number of aliphatic hydroxyl groups is 1. The molecule has 4 heteroatoms. The highest BCUT2D eigenvalue weighted by atomic mass is 79.9. The van der Waals surface area contributed by atoms with E-state index >= 15 is 0 Å². The van der Waals surface area contributed by atoms with E-state index in [0.29, 0.717) is 0 Å². The van der Waals surface area contributed by atoms with E-state index in [4.69, 9.17) is 4.99 Å². The van der Waals surface area contributed by atoms with Crippen LogP contribution in [-0.4, -0.2) is 29.5 Å². The van der Waals surface area contributed by atoms with Crippen molar-refractivity contribution in [2.75, 3.05) is 6.54 Å². The van der Waals surface area contributed by atoms with Gasteiger partial charge >= 0.3 is 0 Å². The summed E-state index contributed by atoms with van der Waals surface area (Å²) < 4.78 is 1.08. The van der Waals surface area contributed by atoms with E-state index in [0.717, 1.165) is 47.3 Å². The average Bonchev–Trinajstić information content (AvgIpc) is 2.94. The predicted octanol–water partition coefficient (Wildman–Crippen LogP) is 5.14. The molecule has 1 aromatic rings. The second kappa shape index (κ2) is 10.1. The summed E-state index contributed by atoms with van der Waals surface area (Å²) in [5, 5.41) is 14.3. The highest BCUT2D eigenvalue weighted by molar-refractivity contribution is 9.10. The summed E-state index contributed by atoms with van der Waals surface area (Å²) in [6, 6.07) is 8.41. The second-order valence-electron chi connectivity index (χ2n) is 7.57. The van der Waals surface area contributed by atoms with E-state index in [9.17, 15) is 5.11 Å². The van der Waals surface area contributed by atoms with E-state index in [1.54, 1.807) is 0 Å². The lowest BCUT2D eigenvalue weighted by Crippen LogP contribution is -2.44. The molecule has 1 saturated heterocycles. The Morgan fingerprint density at radius 1 is 1.25 bits per heavy atom. The van der Waals surface area contributed by atoms with Gasteiger partial charge in [0, 0.05) is 28.6 Å². The summed E-state index contributed by atoms with van der Waals surface area (Å²) in [7, 11) is 0. The van der Waals surface area contributed by atoms with Crippen molar-refractivity contribution < 1.29 is 5.11 Å². The van der Waals surface area contributed by atoms with E-state index in [-0.39, 0.29) is 12.0 Å². The minimum atomic E-state index is -0.571. The minimum absolute atomic E-state index is 0.0833. The van der Waals surface area contributed by atoms with Crippen LogP contribution < -0.4 is 5.32 Å². The molecule has 28 heavy (non-hydrogen) atoms. The summed E-state index contributed by atoms with van der Waals surface area (Å²) in [5.41, 5.74) is 4.01. The van der Waals surface area contributed by atoms with E-state index < -0.39 is 6.10 Å². The molecule has 0 amide bonds. The highest BCUT2D eigenvalue weighted by Crippen LogP contribution is 2.29. The first-order valence-corrected chi connectivity index (χ1v) is 10.8. The third-order valence-electron chi connectivity index (χ3n) is 5.31. The van der Waals surface area contributed by atoms with Gasteiger partial charge in [0.1, 0.15) is 0 Å². The molecule has 3 rings (SSSR count). The molecule has 3 atom stereocenters. The van der Waals surface area contributed by atoms with E-state index in [1.807, 2.05) is 24.3 Å². The van der Waals surface area contributed by atoms with Gasteiger partial charge in [-0.2, -0.15) is 0 Å². The summed E-state index contributed by atoms with van der Waals surface area (Å²) in [6.07, 6.45) is 13.7. The number of benzene rings is 1. The summed E-state index contributed by atoms with van der Waals surface area (Å²) in [6.45, 7) is 7.28. The van der Waals surface area contributed by atoms with Crippen molar-refractivity contribution in [1.29, 1.82) is 0 Å². The Balaban J connectivity index is 1.75. The second-order valence-corrected chi connectivity index (χ2v) is 8.48. The summed E-state index contributed by atoms with van der Waals surface area (Å²) in [5.74, 6) is -0.0893. The van der Waals surface area contributed by atoms with Gasteiger partial charge in [-0.1, -0.05) is 65.4 Å². The molecule has 1 heterocycles. The van der Waals surface area contributed by atoms with Crippen molar-refractivity contribution in [2.45, 2.75) is 44.8 Å². The maximum atomic E-state index is 10.9. The zero-order valence-electron chi connectivity index (χ0n) is 16.4. The zero-order valence-corrected chi connectivity index (χ0v) is 18.0. The van der Waals surface area contributed by atoms with Crippen LogP contribution in [0.15, 0.2) is 82.0 Å². The number of allylic oxidation sites excluding steroid dienone is 5. The van der Waals surface area contributed by atoms with Crippen LogP contribution in [0.5, 0.6) is 0 Å². The monoisotopic (exact) mass is 440 g/mol. The van der Waals surface area contributed by atoms with Gasteiger partial charge in [0.15, 0.2) is 0 Å². The molecule has 1 aliphatic heterocycles.